The van der Waals surface area contributed by atoms with E-state index in [4.69, 9.17) is 11.6 Å². The van der Waals surface area contributed by atoms with Gasteiger partial charge >= 0.3 is 12.3 Å². The number of carbonyl (C=O) groups excluding carboxylic acids is 1. The Morgan fingerprint density at radius 1 is 1.19 bits per heavy atom. The van der Waals surface area contributed by atoms with Crippen LogP contribution in [0.3, 0.4) is 0 Å². The summed E-state index contributed by atoms with van der Waals surface area (Å²) in [6.07, 6.45) is -2.29. The maximum atomic E-state index is 13.9. The molecule has 1 aromatic heterocycles. The molecule has 1 N–H and O–H groups in total. The van der Waals surface area contributed by atoms with Crippen LogP contribution in [0.25, 0.3) is 0 Å². The molecule has 0 atom stereocenters. The molecule has 32 heavy (non-hydrogen) atoms. The zero-order valence-electron chi connectivity index (χ0n) is 16.4. The van der Waals surface area contributed by atoms with Gasteiger partial charge < -0.3 is 10.1 Å². The molecule has 0 saturated carbocycles. The van der Waals surface area contributed by atoms with Crippen molar-refractivity contribution >= 4 is 23.3 Å². The lowest BCUT2D eigenvalue weighted by Crippen LogP contribution is -2.32. The molecule has 0 radical (unpaired) electrons. The number of hydrogen-bond donors (Lipinski definition) is 1. The van der Waals surface area contributed by atoms with E-state index in [2.05, 4.69) is 15.2 Å². The fourth-order valence-electron chi connectivity index (χ4n) is 2.72. The first kappa shape index (κ1) is 23.7. The number of alkyl halides is 4. The summed E-state index contributed by atoms with van der Waals surface area (Å²) >= 11 is 6.00. The second-order valence-corrected chi connectivity index (χ2v) is 7.21. The Hall–Kier alpha value is -2.98. The second kappa shape index (κ2) is 10.1. The average molecular weight is 474 g/mol. The number of nitrogens with zero attached hydrogens (tertiary/aromatic N) is 2. The predicted octanol–water partition coefficient (Wildman–Crippen LogP) is 5.39. The number of amides is 1. The molecule has 0 aliphatic rings. The van der Waals surface area contributed by atoms with Gasteiger partial charge in [-0.1, -0.05) is 29.8 Å². The van der Waals surface area contributed by atoms with Crippen molar-refractivity contribution in [2.24, 2.45) is 0 Å². The fraction of sp³-hybridized carbons (Fsp3) is 0.238. The minimum absolute atomic E-state index is 0.0530. The van der Waals surface area contributed by atoms with Crippen molar-refractivity contribution in [3.8, 4) is 0 Å². The molecule has 3 aromatic rings. The highest BCUT2D eigenvalue weighted by Gasteiger charge is 2.40. The molecule has 1 amide bonds. The Labute approximate surface area is 184 Å². The van der Waals surface area contributed by atoms with Gasteiger partial charge in [-0.3, -0.25) is 9.48 Å². The molecule has 0 aliphatic heterocycles. The van der Waals surface area contributed by atoms with Gasteiger partial charge in [-0.15, -0.1) is 0 Å². The lowest BCUT2D eigenvalue weighted by Gasteiger charge is -2.15. The van der Waals surface area contributed by atoms with E-state index < -0.39 is 30.7 Å². The summed E-state index contributed by atoms with van der Waals surface area (Å²) in [7, 11) is 0. The van der Waals surface area contributed by atoms with Crippen LogP contribution >= 0.6 is 11.6 Å². The highest BCUT2D eigenvalue weighted by Crippen LogP contribution is 2.23. The molecular weight excluding hydrogens is 457 g/mol. The smallest absolute Gasteiger partial charge is 0.330 e. The maximum Gasteiger partial charge on any atom is 0.330 e. The van der Waals surface area contributed by atoms with Crippen LogP contribution in [0.4, 0.5) is 27.8 Å². The molecule has 11 heteroatoms. The summed E-state index contributed by atoms with van der Waals surface area (Å²) in [4.78, 5) is 12.5. The largest absolute Gasteiger partial charge is 0.370 e. The zero-order chi connectivity index (χ0) is 23.3. The van der Waals surface area contributed by atoms with Crippen LogP contribution in [0, 0.1) is 5.82 Å². The van der Waals surface area contributed by atoms with Crippen molar-refractivity contribution in [3.05, 3.63) is 82.3 Å². The molecule has 0 unspecified atom stereocenters. The first-order valence-electron chi connectivity index (χ1n) is 9.26. The number of benzene rings is 2. The Morgan fingerprint density at radius 2 is 1.94 bits per heavy atom. The van der Waals surface area contributed by atoms with Crippen molar-refractivity contribution in [3.63, 3.8) is 0 Å². The monoisotopic (exact) mass is 473 g/mol. The number of ether oxygens (including phenoxy) is 1. The molecule has 3 rings (SSSR count). The maximum absolute atomic E-state index is 13.9. The van der Waals surface area contributed by atoms with E-state index >= 15 is 0 Å². The average Bonchev–Trinajstić information content (AvgIpc) is 3.18. The first-order chi connectivity index (χ1) is 15.2. The highest BCUT2D eigenvalue weighted by molar-refractivity contribution is 6.31. The summed E-state index contributed by atoms with van der Waals surface area (Å²) in [6, 6.07) is 11.7. The van der Waals surface area contributed by atoms with Crippen LogP contribution in [0.1, 0.15) is 21.5 Å². The third-order valence-corrected chi connectivity index (χ3v) is 4.69. The SMILES string of the molecule is O=C(Nc1ccn(Cc2c(F)cccc2Cl)n1)c1cccc(COCC(F)(F)C(F)F)c1. The number of hydrogen-bond acceptors (Lipinski definition) is 3. The van der Waals surface area contributed by atoms with Crippen LogP contribution in [0.15, 0.2) is 54.7 Å². The minimum Gasteiger partial charge on any atom is -0.370 e. The Kier molecular flexibility index (Phi) is 7.47. The van der Waals surface area contributed by atoms with Crippen molar-refractivity contribution < 1.29 is 31.5 Å². The van der Waals surface area contributed by atoms with Crippen molar-refractivity contribution in [1.82, 2.24) is 9.78 Å². The van der Waals surface area contributed by atoms with Crippen LogP contribution in [0.5, 0.6) is 0 Å². The molecule has 2 aromatic carbocycles. The summed E-state index contributed by atoms with van der Waals surface area (Å²) in [6.45, 7) is -1.76. The number of anilines is 1. The summed E-state index contributed by atoms with van der Waals surface area (Å²) in [5, 5.41) is 6.95. The van der Waals surface area contributed by atoms with Crippen molar-refractivity contribution in [2.75, 3.05) is 11.9 Å². The second-order valence-electron chi connectivity index (χ2n) is 6.81. The number of nitrogens with one attached hydrogen (secondary N) is 1. The van der Waals surface area contributed by atoms with Crippen LogP contribution in [-0.4, -0.2) is 34.6 Å². The zero-order valence-corrected chi connectivity index (χ0v) is 17.1. The number of carbonyl (C=O) groups is 1. The van der Waals surface area contributed by atoms with Gasteiger partial charge in [0.1, 0.15) is 12.4 Å². The molecule has 0 bridgehead atoms. The van der Waals surface area contributed by atoms with Gasteiger partial charge in [0.25, 0.3) is 5.91 Å². The molecule has 0 saturated heterocycles. The lowest BCUT2D eigenvalue weighted by molar-refractivity contribution is -0.168. The van der Waals surface area contributed by atoms with Gasteiger partial charge in [0.2, 0.25) is 0 Å². The van der Waals surface area contributed by atoms with Crippen molar-refractivity contribution in [2.45, 2.75) is 25.5 Å². The Morgan fingerprint density at radius 3 is 2.66 bits per heavy atom. The number of halogens is 6. The lowest BCUT2D eigenvalue weighted by atomic mass is 10.1. The molecule has 0 fully saturated rings. The van der Waals surface area contributed by atoms with Gasteiger partial charge in [0, 0.05) is 28.4 Å². The summed E-state index contributed by atoms with van der Waals surface area (Å²) in [5.41, 5.74) is 0.779. The van der Waals surface area contributed by atoms with Crippen LogP contribution in [-0.2, 0) is 17.9 Å². The molecule has 1 heterocycles. The number of rotatable bonds is 9. The minimum atomic E-state index is -4.25. The third-order valence-electron chi connectivity index (χ3n) is 4.34. The van der Waals surface area contributed by atoms with Gasteiger partial charge in [0.15, 0.2) is 5.82 Å². The first-order valence-corrected chi connectivity index (χ1v) is 9.64. The van der Waals surface area contributed by atoms with E-state index in [1.165, 1.54) is 53.3 Å². The quantitative estimate of drug-likeness (QED) is 0.424. The summed E-state index contributed by atoms with van der Waals surface area (Å²) < 4.78 is 70.1. The summed E-state index contributed by atoms with van der Waals surface area (Å²) in [5.74, 6) is -5.08. The Balaban J connectivity index is 1.60. The van der Waals surface area contributed by atoms with Crippen LogP contribution < -0.4 is 5.32 Å². The van der Waals surface area contributed by atoms with E-state index in [9.17, 15) is 26.7 Å². The molecule has 0 aliphatic carbocycles. The normalized spacial score (nSPS) is 11.7. The van der Waals surface area contributed by atoms with Gasteiger partial charge in [-0.25, -0.2) is 13.2 Å². The van der Waals surface area contributed by atoms with E-state index in [1.807, 2.05) is 0 Å². The van der Waals surface area contributed by atoms with Crippen molar-refractivity contribution in [1.29, 1.82) is 0 Å². The molecule has 5 nitrogen and oxygen atoms in total. The Bertz CT molecular complexity index is 1070. The van der Waals surface area contributed by atoms with Crippen LogP contribution in [0.2, 0.25) is 5.02 Å². The topological polar surface area (TPSA) is 56.2 Å². The standard InChI is InChI=1S/C21H17ClF5N3O2/c22-16-5-2-6-17(23)15(16)10-30-8-7-18(29-30)28-19(31)14-4-1-3-13(9-14)11-32-12-21(26,27)20(24)25/h1-9,20H,10-12H2,(H,28,29,31). The van der Waals surface area contributed by atoms with E-state index in [0.717, 1.165) is 0 Å². The molecular formula is C21H17ClF5N3O2. The molecule has 0 spiro atoms. The number of aromatic nitrogens is 2. The molecule has 170 valence electrons. The van der Waals surface area contributed by atoms with Gasteiger partial charge in [-0.05, 0) is 29.8 Å². The predicted molar refractivity (Wildman–Crippen MR) is 108 cm³/mol. The van der Waals surface area contributed by atoms with E-state index in [-0.39, 0.29) is 35.1 Å². The van der Waals surface area contributed by atoms with Gasteiger partial charge in [-0.2, -0.15) is 13.9 Å². The van der Waals surface area contributed by atoms with E-state index in [0.29, 0.717) is 5.56 Å². The van der Waals surface area contributed by atoms with Gasteiger partial charge in [0.05, 0.1) is 13.2 Å². The highest BCUT2D eigenvalue weighted by atomic mass is 35.5. The van der Waals surface area contributed by atoms with E-state index in [1.54, 1.807) is 6.07 Å². The third kappa shape index (κ3) is 6.04. The fourth-order valence-corrected chi connectivity index (χ4v) is 2.94.